The van der Waals surface area contributed by atoms with Gasteiger partial charge in [-0.15, -0.1) is 9.24 Å². The zero-order valence-electron chi connectivity index (χ0n) is 12.0. The highest BCUT2D eigenvalue weighted by Gasteiger charge is 2.19. The molecule has 0 radical (unpaired) electrons. The Morgan fingerprint density at radius 1 is 1.11 bits per heavy atom. The van der Waals surface area contributed by atoms with Crippen LogP contribution in [-0.2, 0) is 0 Å². The van der Waals surface area contributed by atoms with E-state index in [1.54, 1.807) is 7.11 Å². The van der Waals surface area contributed by atoms with Crippen LogP contribution in [0.1, 0.15) is 51.0 Å². The Balaban J connectivity index is 0.000000492. The first-order chi connectivity index (χ1) is 8.71. The topological polar surface area (TPSA) is 9.23 Å². The highest BCUT2D eigenvalue weighted by atomic mass is 31.0. The highest BCUT2D eigenvalue weighted by molar-refractivity contribution is 7.16. The van der Waals surface area contributed by atoms with Gasteiger partial charge in [0.05, 0.1) is 7.11 Å². The highest BCUT2D eigenvalue weighted by Crippen LogP contribution is 2.35. The first-order valence-corrected chi connectivity index (χ1v) is 7.86. The molecular weight excluding hydrogens is 239 g/mol. The molecule has 0 amide bonds. The number of ether oxygens (including phenoxy) is 1. The summed E-state index contributed by atoms with van der Waals surface area (Å²) in [6, 6.07) is 8.60. The second-order valence-electron chi connectivity index (χ2n) is 5.14. The van der Waals surface area contributed by atoms with Crippen molar-refractivity contribution in [2.75, 3.05) is 13.3 Å². The van der Waals surface area contributed by atoms with Crippen molar-refractivity contribution >= 4 is 9.24 Å². The van der Waals surface area contributed by atoms with Crippen LogP contribution < -0.4 is 4.74 Å². The summed E-state index contributed by atoms with van der Waals surface area (Å²) >= 11 is 0. The average Bonchev–Trinajstić information content (AvgIpc) is 2.41. The molecule has 1 fully saturated rings. The molecule has 102 valence electrons. The fraction of sp³-hybridized carbons (Fsp3) is 0.625. The maximum absolute atomic E-state index is 5.17. The summed E-state index contributed by atoms with van der Waals surface area (Å²) in [4.78, 5) is 0. The van der Waals surface area contributed by atoms with E-state index in [2.05, 4.69) is 47.4 Å². The molecule has 0 N–H and O–H groups in total. The van der Waals surface area contributed by atoms with Crippen molar-refractivity contribution < 1.29 is 4.74 Å². The van der Waals surface area contributed by atoms with Gasteiger partial charge in [-0.25, -0.2) is 0 Å². The number of hydrogen-bond donors (Lipinski definition) is 0. The van der Waals surface area contributed by atoms with Crippen LogP contribution in [0.3, 0.4) is 0 Å². The van der Waals surface area contributed by atoms with E-state index in [1.807, 2.05) is 0 Å². The Hall–Kier alpha value is -0.550. The van der Waals surface area contributed by atoms with E-state index in [0.29, 0.717) is 0 Å². The standard InChI is InChI=1S/C14H20O.C2H7P/c1-11-3-5-12(6-4-11)13-7-9-14(15-2)10-8-13;1-2-3/h7-12H,3-6H2,1-2H3;2-3H2,1H3. The molecule has 0 aromatic heterocycles. The van der Waals surface area contributed by atoms with Gasteiger partial charge in [-0.1, -0.05) is 38.8 Å². The maximum atomic E-state index is 5.17. The monoisotopic (exact) mass is 266 g/mol. The van der Waals surface area contributed by atoms with Crippen molar-refractivity contribution in [3.63, 3.8) is 0 Å². The van der Waals surface area contributed by atoms with Gasteiger partial charge in [0.25, 0.3) is 0 Å². The SMILES string of the molecule is CCP.COc1ccc(C2CCC(C)CC2)cc1. The Morgan fingerprint density at radius 2 is 1.61 bits per heavy atom. The quantitative estimate of drug-likeness (QED) is 0.694. The predicted octanol–water partition coefficient (Wildman–Crippen LogP) is 4.87. The predicted molar refractivity (Wildman–Crippen MR) is 83.6 cm³/mol. The summed E-state index contributed by atoms with van der Waals surface area (Å²) in [5, 5.41) is 0. The number of benzene rings is 1. The molecule has 2 rings (SSSR count). The van der Waals surface area contributed by atoms with Gasteiger partial charge in [-0.2, -0.15) is 0 Å². The minimum Gasteiger partial charge on any atom is -0.497 e. The van der Waals surface area contributed by atoms with Crippen LogP contribution in [0.25, 0.3) is 0 Å². The van der Waals surface area contributed by atoms with Crippen LogP contribution >= 0.6 is 9.24 Å². The largest absolute Gasteiger partial charge is 0.497 e. The van der Waals surface area contributed by atoms with Crippen LogP contribution in [0, 0.1) is 5.92 Å². The minimum absolute atomic E-state index is 0.784. The fourth-order valence-electron chi connectivity index (χ4n) is 2.47. The maximum Gasteiger partial charge on any atom is 0.118 e. The smallest absolute Gasteiger partial charge is 0.118 e. The first-order valence-electron chi connectivity index (χ1n) is 7.05. The van der Waals surface area contributed by atoms with E-state index >= 15 is 0 Å². The third-order valence-electron chi connectivity index (χ3n) is 3.60. The third kappa shape index (κ3) is 4.98. The second-order valence-corrected chi connectivity index (χ2v) is 5.95. The molecule has 1 aromatic carbocycles. The normalized spacial score (nSPS) is 22.9. The Bertz CT molecular complexity index is 312. The van der Waals surface area contributed by atoms with E-state index < -0.39 is 0 Å². The molecule has 1 aromatic rings. The molecule has 1 atom stereocenters. The minimum atomic E-state index is 0.784. The molecule has 0 heterocycles. The average molecular weight is 266 g/mol. The molecule has 1 aliphatic carbocycles. The van der Waals surface area contributed by atoms with Crippen molar-refractivity contribution in [1.82, 2.24) is 0 Å². The molecule has 0 spiro atoms. The van der Waals surface area contributed by atoms with Crippen molar-refractivity contribution in [1.29, 1.82) is 0 Å². The summed E-state index contributed by atoms with van der Waals surface area (Å²) in [5.74, 6) is 2.68. The van der Waals surface area contributed by atoms with Crippen LogP contribution in [0.4, 0.5) is 0 Å². The zero-order chi connectivity index (χ0) is 13.4. The first kappa shape index (κ1) is 15.5. The second kappa shape index (κ2) is 8.53. The van der Waals surface area contributed by atoms with Crippen LogP contribution in [0.15, 0.2) is 24.3 Å². The van der Waals surface area contributed by atoms with Crippen molar-refractivity contribution in [3.05, 3.63) is 29.8 Å². The van der Waals surface area contributed by atoms with Crippen molar-refractivity contribution in [3.8, 4) is 5.75 Å². The van der Waals surface area contributed by atoms with E-state index in [-0.39, 0.29) is 0 Å². The van der Waals surface area contributed by atoms with Crippen LogP contribution in [0.5, 0.6) is 5.75 Å². The summed E-state index contributed by atoms with van der Waals surface area (Å²) < 4.78 is 5.17. The third-order valence-corrected chi connectivity index (χ3v) is 3.60. The van der Waals surface area contributed by atoms with Crippen molar-refractivity contribution in [2.45, 2.75) is 45.4 Å². The molecule has 0 aliphatic heterocycles. The van der Waals surface area contributed by atoms with Gasteiger partial charge in [0.15, 0.2) is 0 Å². The molecule has 1 saturated carbocycles. The Kier molecular flexibility index (Phi) is 7.35. The molecule has 1 unspecified atom stereocenters. The van der Waals surface area contributed by atoms with E-state index in [1.165, 1.54) is 37.4 Å². The van der Waals surface area contributed by atoms with Gasteiger partial charge in [0, 0.05) is 0 Å². The Labute approximate surface area is 115 Å². The number of hydrogen-bond acceptors (Lipinski definition) is 1. The lowest BCUT2D eigenvalue weighted by Gasteiger charge is -2.26. The fourth-order valence-corrected chi connectivity index (χ4v) is 2.47. The molecule has 0 saturated heterocycles. The van der Waals surface area contributed by atoms with Gasteiger partial charge in [0.1, 0.15) is 5.75 Å². The van der Waals surface area contributed by atoms with Gasteiger partial charge in [-0.3, -0.25) is 0 Å². The zero-order valence-corrected chi connectivity index (χ0v) is 13.1. The molecule has 1 aliphatic rings. The number of rotatable bonds is 2. The Morgan fingerprint density at radius 3 is 2.06 bits per heavy atom. The molecule has 0 bridgehead atoms. The van der Waals surface area contributed by atoms with E-state index in [0.717, 1.165) is 17.6 Å². The van der Waals surface area contributed by atoms with Gasteiger partial charge in [-0.05, 0) is 48.5 Å². The molecule has 1 nitrogen and oxygen atoms in total. The summed E-state index contributed by atoms with van der Waals surface area (Å²) in [6.45, 7) is 4.45. The molecule has 18 heavy (non-hydrogen) atoms. The summed E-state index contributed by atoms with van der Waals surface area (Å²) in [6.07, 6.45) is 6.65. The van der Waals surface area contributed by atoms with E-state index in [4.69, 9.17) is 4.74 Å². The summed E-state index contributed by atoms with van der Waals surface area (Å²) in [5.41, 5.74) is 1.49. The molecule has 2 heteroatoms. The summed E-state index contributed by atoms with van der Waals surface area (Å²) in [7, 11) is 4.30. The number of methoxy groups -OCH3 is 1. The van der Waals surface area contributed by atoms with Gasteiger partial charge in [0.2, 0.25) is 0 Å². The van der Waals surface area contributed by atoms with Crippen LogP contribution in [-0.4, -0.2) is 13.3 Å². The lowest BCUT2D eigenvalue weighted by molar-refractivity contribution is 0.347. The van der Waals surface area contributed by atoms with Crippen molar-refractivity contribution in [2.24, 2.45) is 5.92 Å². The van der Waals surface area contributed by atoms with Crippen LogP contribution in [0.2, 0.25) is 0 Å². The lowest BCUT2D eigenvalue weighted by Crippen LogP contribution is -2.10. The van der Waals surface area contributed by atoms with Gasteiger partial charge >= 0.3 is 0 Å². The molecular formula is C16H27OP. The lowest BCUT2D eigenvalue weighted by atomic mass is 9.79. The van der Waals surface area contributed by atoms with Gasteiger partial charge < -0.3 is 4.74 Å². The van der Waals surface area contributed by atoms with E-state index in [9.17, 15) is 0 Å².